The average molecular weight is 202 g/mol. The summed E-state index contributed by atoms with van der Waals surface area (Å²) in [7, 11) is 0. The Labute approximate surface area is 83.9 Å². The fourth-order valence-electron chi connectivity index (χ4n) is 1.62. The number of carboxylic acids is 1. The maximum Gasteiger partial charge on any atom is 0.306 e. The lowest BCUT2D eigenvalue weighted by molar-refractivity contribution is -0.139. The standard InChI is InChI=1S/C10H18O4/c1-2-3-4-5-8-10(14-8)7(11)6-9(12)13/h7-8,10-11H,2-6H2,1H3,(H,12,13). The summed E-state index contributed by atoms with van der Waals surface area (Å²) in [5.41, 5.74) is 0. The second-order valence-electron chi connectivity index (χ2n) is 3.80. The van der Waals surface area contributed by atoms with E-state index >= 15 is 0 Å². The van der Waals surface area contributed by atoms with Crippen LogP contribution >= 0.6 is 0 Å². The van der Waals surface area contributed by atoms with Crippen molar-refractivity contribution in [2.75, 3.05) is 0 Å². The Kier molecular flexibility index (Phi) is 4.35. The lowest BCUT2D eigenvalue weighted by Crippen LogP contribution is -2.20. The number of ether oxygens (including phenoxy) is 1. The molecule has 3 atom stereocenters. The minimum atomic E-state index is -0.972. The molecule has 1 aliphatic heterocycles. The van der Waals surface area contributed by atoms with Crippen molar-refractivity contribution >= 4 is 5.97 Å². The van der Waals surface area contributed by atoms with Crippen LogP contribution < -0.4 is 0 Å². The van der Waals surface area contributed by atoms with E-state index < -0.39 is 12.1 Å². The monoisotopic (exact) mass is 202 g/mol. The van der Waals surface area contributed by atoms with Crippen LogP contribution in [0.3, 0.4) is 0 Å². The Balaban J connectivity index is 2.09. The van der Waals surface area contributed by atoms with Crippen molar-refractivity contribution in [3.05, 3.63) is 0 Å². The number of aliphatic carboxylic acids is 1. The third-order valence-corrected chi connectivity index (χ3v) is 2.48. The summed E-state index contributed by atoms with van der Waals surface area (Å²) in [6, 6.07) is 0. The molecule has 1 fully saturated rings. The zero-order valence-corrected chi connectivity index (χ0v) is 8.48. The molecule has 0 amide bonds. The third kappa shape index (κ3) is 3.64. The third-order valence-electron chi connectivity index (χ3n) is 2.48. The smallest absolute Gasteiger partial charge is 0.306 e. The molecule has 1 aliphatic rings. The highest BCUT2D eigenvalue weighted by molar-refractivity contribution is 5.67. The van der Waals surface area contributed by atoms with Crippen molar-refractivity contribution in [1.82, 2.24) is 0 Å². The number of carbonyl (C=O) groups is 1. The van der Waals surface area contributed by atoms with Crippen LogP contribution in [0, 0.1) is 0 Å². The van der Waals surface area contributed by atoms with E-state index in [0.717, 1.165) is 19.3 Å². The molecule has 0 radical (unpaired) electrons. The van der Waals surface area contributed by atoms with Gasteiger partial charge in [-0.2, -0.15) is 0 Å². The zero-order chi connectivity index (χ0) is 10.6. The highest BCUT2D eigenvalue weighted by Gasteiger charge is 2.44. The molecule has 0 bridgehead atoms. The molecule has 0 aromatic carbocycles. The molecular weight excluding hydrogens is 184 g/mol. The maximum atomic E-state index is 10.3. The van der Waals surface area contributed by atoms with E-state index in [-0.39, 0.29) is 18.6 Å². The lowest BCUT2D eigenvalue weighted by Gasteiger charge is -2.02. The number of aliphatic hydroxyl groups excluding tert-OH is 1. The number of epoxide rings is 1. The Morgan fingerprint density at radius 3 is 2.79 bits per heavy atom. The first-order valence-corrected chi connectivity index (χ1v) is 5.20. The van der Waals surface area contributed by atoms with E-state index in [1.807, 2.05) is 0 Å². The molecule has 0 aromatic heterocycles. The molecule has 2 N–H and O–H groups in total. The lowest BCUT2D eigenvalue weighted by atomic mass is 10.1. The molecule has 4 heteroatoms. The van der Waals surface area contributed by atoms with Gasteiger partial charge in [0, 0.05) is 0 Å². The number of rotatable bonds is 7. The number of unbranched alkanes of at least 4 members (excludes halogenated alkanes) is 2. The Bertz CT molecular complexity index is 193. The number of carboxylic acid groups (broad SMARTS) is 1. The highest BCUT2D eigenvalue weighted by atomic mass is 16.6. The summed E-state index contributed by atoms with van der Waals surface area (Å²) in [5.74, 6) is -0.972. The van der Waals surface area contributed by atoms with Crippen LogP contribution in [0.1, 0.15) is 39.0 Å². The molecule has 1 saturated heterocycles. The van der Waals surface area contributed by atoms with Gasteiger partial charge in [0.1, 0.15) is 6.10 Å². The van der Waals surface area contributed by atoms with E-state index in [2.05, 4.69) is 6.92 Å². The molecule has 0 aromatic rings. The van der Waals surface area contributed by atoms with Crippen LogP contribution in [0.4, 0.5) is 0 Å². The molecule has 82 valence electrons. The minimum absolute atomic E-state index is 0.0934. The van der Waals surface area contributed by atoms with Crippen molar-refractivity contribution < 1.29 is 19.7 Å². The highest BCUT2D eigenvalue weighted by Crippen LogP contribution is 2.31. The van der Waals surface area contributed by atoms with Crippen LogP contribution in [0.25, 0.3) is 0 Å². The summed E-state index contributed by atoms with van der Waals surface area (Å²) in [5, 5.41) is 17.8. The molecule has 3 unspecified atom stereocenters. The first-order valence-electron chi connectivity index (χ1n) is 5.20. The van der Waals surface area contributed by atoms with Crippen molar-refractivity contribution in [2.45, 2.75) is 57.3 Å². The van der Waals surface area contributed by atoms with Gasteiger partial charge < -0.3 is 14.9 Å². The SMILES string of the molecule is CCCCCC1OC1C(O)CC(=O)O. The van der Waals surface area contributed by atoms with E-state index in [1.54, 1.807) is 0 Å². The molecule has 4 nitrogen and oxygen atoms in total. The second kappa shape index (κ2) is 5.32. The summed E-state index contributed by atoms with van der Waals surface area (Å²) >= 11 is 0. The van der Waals surface area contributed by atoms with E-state index in [9.17, 15) is 9.90 Å². The molecule has 0 aliphatic carbocycles. The van der Waals surface area contributed by atoms with Crippen molar-refractivity contribution in [3.8, 4) is 0 Å². The quantitative estimate of drug-likeness (QED) is 0.480. The van der Waals surface area contributed by atoms with Gasteiger partial charge in [-0.1, -0.05) is 26.2 Å². The Morgan fingerprint density at radius 2 is 2.21 bits per heavy atom. The van der Waals surface area contributed by atoms with Crippen LogP contribution in [-0.4, -0.2) is 34.5 Å². The molecule has 0 saturated carbocycles. The van der Waals surface area contributed by atoms with Gasteiger partial charge in [0.05, 0.1) is 18.6 Å². The van der Waals surface area contributed by atoms with Gasteiger partial charge in [-0.25, -0.2) is 0 Å². The molecule has 14 heavy (non-hydrogen) atoms. The normalized spacial score (nSPS) is 27.3. The number of aliphatic hydroxyl groups is 1. The van der Waals surface area contributed by atoms with Gasteiger partial charge in [0.2, 0.25) is 0 Å². The topological polar surface area (TPSA) is 70.1 Å². The van der Waals surface area contributed by atoms with E-state index in [1.165, 1.54) is 6.42 Å². The van der Waals surface area contributed by atoms with Crippen LogP contribution in [-0.2, 0) is 9.53 Å². The number of hydrogen-bond donors (Lipinski definition) is 2. The molecular formula is C10H18O4. The minimum Gasteiger partial charge on any atom is -0.481 e. The average Bonchev–Trinajstić information content (AvgIpc) is 2.83. The summed E-state index contributed by atoms with van der Waals surface area (Å²) < 4.78 is 5.21. The van der Waals surface area contributed by atoms with Crippen LogP contribution in [0.15, 0.2) is 0 Å². The van der Waals surface area contributed by atoms with Gasteiger partial charge in [-0.05, 0) is 6.42 Å². The predicted octanol–water partition coefficient (Wildman–Crippen LogP) is 1.17. The van der Waals surface area contributed by atoms with Crippen molar-refractivity contribution in [3.63, 3.8) is 0 Å². The second-order valence-corrected chi connectivity index (χ2v) is 3.80. The van der Waals surface area contributed by atoms with Crippen molar-refractivity contribution in [1.29, 1.82) is 0 Å². The fraction of sp³-hybridized carbons (Fsp3) is 0.900. The zero-order valence-electron chi connectivity index (χ0n) is 8.48. The van der Waals surface area contributed by atoms with Crippen LogP contribution in [0.2, 0.25) is 0 Å². The van der Waals surface area contributed by atoms with E-state index in [4.69, 9.17) is 9.84 Å². The fourth-order valence-corrected chi connectivity index (χ4v) is 1.62. The van der Waals surface area contributed by atoms with Gasteiger partial charge in [0.15, 0.2) is 0 Å². The van der Waals surface area contributed by atoms with Crippen molar-refractivity contribution in [2.24, 2.45) is 0 Å². The van der Waals surface area contributed by atoms with Gasteiger partial charge in [-0.3, -0.25) is 4.79 Å². The summed E-state index contributed by atoms with van der Waals surface area (Å²) in [4.78, 5) is 10.3. The van der Waals surface area contributed by atoms with Gasteiger partial charge in [-0.15, -0.1) is 0 Å². The summed E-state index contributed by atoms with van der Waals surface area (Å²) in [6.07, 6.45) is 3.18. The van der Waals surface area contributed by atoms with Gasteiger partial charge >= 0.3 is 5.97 Å². The number of hydrogen-bond acceptors (Lipinski definition) is 3. The first kappa shape index (κ1) is 11.5. The Morgan fingerprint density at radius 1 is 1.50 bits per heavy atom. The van der Waals surface area contributed by atoms with Crippen LogP contribution in [0.5, 0.6) is 0 Å². The largest absolute Gasteiger partial charge is 0.481 e. The first-order chi connectivity index (χ1) is 6.65. The van der Waals surface area contributed by atoms with E-state index in [0.29, 0.717) is 0 Å². The van der Waals surface area contributed by atoms with Gasteiger partial charge in [0.25, 0.3) is 0 Å². The predicted molar refractivity (Wildman–Crippen MR) is 51.1 cm³/mol. The molecule has 1 heterocycles. The summed E-state index contributed by atoms with van der Waals surface area (Å²) in [6.45, 7) is 2.13. The molecule has 0 spiro atoms. The Hall–Kier alpha value is -0.610. The maximum absolute atomic E-state index is 10.3. The molecule has 1 rings (SSSR count).